The number of rotatable bonds is 5. The summed E-state index contributed by atoms with van der Waals surface area (Å²) in [7, 11) is 0. The van der Waals surface area contributed by atoms with Gasteiger partial charge in [0, 0.05) is 20.3 Å². The first kappa shape index (κ1) is 24.5. The lowest BCUT2D eigenvalue weighted by Gasteiger charge is -2.13. The number of benzene rings is 4. The summed E-state index contributed by atoms with van der Waals surface area (Å²) in [4.78, 5) is 9.97. The molecule has 1 atom stereocenters. The van der Waals surface area contributed by atoms with E-state index in [1.807, 2.05) is 18.2 Å². The minimum absolute atomic E-state index is 0.611. The molecule has 0 aliphatic heterocycles. The summed E-state index contributed by atoms with van der Waals surface area (Å²) in [5.41, 5.74) is 9.93. The van der Waals surface area contributed by atoms with Crippen molar-refractivity contribution in [1.82, 2.24) is 9.97 Å². The monoisotopic (exact) mass is 602 g/mol. The third-order valence-electron chi connectivity index (χ3n) is 6.94. The van der Waals surface area contributed by atoms with Gasteiger partial charge in [0.25, 0.3) is 0 Å². The smallest absolute Gasteiger partial charge is 0.160 e. The van der Waals surface area contributed by atoms with E-state index in [4.69, 9.17) is 9.97 Å². The first-order valence-electron chi connectivity index (χ1n) is 12.9. The highest BCUT2D eigenvalue weighted by atomic mass is 127. The zero-order valence-corrected chi connectivity index (χ0v) is 23.3. The van der Waals surface area contributed by atoms with Crippen LogP contribution in [0.25, 0.3) is 50.6 Å². The summed E-state index contributed by atoms with van der Waals surface area (Å²) in [6, 6.07) is 38.3. The molecule has 6 rings (SSSR count). The number of hydrogen-bond acceptors (Lipinski definition) is 2. The molecule has 5 aromatic rings. The van der Waals surface area contributed by atoms with Crippen LogP contribution < -0.4 is 0 Å². The Hall–Kier alpha value is -3.83. The quantitative estimate of drug-likeness (QED) is 0.187. The van der Waals surface area contributed by atoms with Gasteiger partial charge in [-0.2, -0.15) is 0 Å². The Labute approximate surface area is 238 Å². The van der Waals surface area contributed by atoms with Gasteiger partial charge in [0.15, 0.2) is 5.82 Å². The maximum absolute atomic E-state index is 4.98. The van der Waals surface area contributed by atoms with Gasteiger partial charge >= 0.3 is 0 Å². The van der Waals surface area contributed by atoms with Gasteiger partial charge in [-0.25, -0.2) is 9.97 Å². The van der Waals surface area contributed by atoms with Crippen molar-refractivity contribution in [3.05, 3.63) is 137 Å². The fourth-order valence-corrected chi connectivity index (χ4v) is 5.07. The van der Waals surface area contributed by atoms with Crippen LogP contribution in [0.2, 0.25) is 0 Å². The predicted molar refractivity (Wildman–Crippen MR) is 167 cm³/mol. The molecule has 0 N–H and O–H groups in total. The second kappa shape index (κ2) is 10.9. The van der Waals surface area contributed by atoms with Crippen molar-refractivity contribution in [3.63, 3.8) is 0 Å². The molecule has 0 saturated carbocycles. The van der Waals surface area contributed by atoms with Crippen LogP contribution in [-0.2, 0) is 0 Å². The van der Waals surface area contributed by atoms with Crippen molar-refractivity contribution in [2.24, 2.45) is 5.92 Å². The average Bonchev–Trinajstić information content (AvgIpc) is 2.98. The van der Waals surface area contributed by atoms with Gasteiger partial charge in [-0.3, -0.25) is 0 Å². The van der Waals surface area contributed by atoms with E-state index >= 15 is 0 Å². The molecule has 0 bridgehead atoms. The topological polar surface area (TPSA) is 25.8 Å². The molecule has 1 aromatic heterocycles. The van der Waals surface area contributed by atoms with Crippen molar-refractivity contribution in [2.45, 2.75) is 13.3 Å². The molecule has 1 aliphatic carbocycles. The summed E-state index contributed by atoms with van der Waals surface area (Å²) in [5.74, 6) is 1.34. The largest absolute Gasteiger partial charge is 0.228 e. The summed E-state index contributed by atoms with van der Waals surface area (Å²) < 4.78 is 1.24. The lowest BCUT2D eigenvalue weighted by Crippen LogP contribution is -1.96. The molecule has 3 heteroatoms. The first-order valence-corrected chi connectivity index (χ1v) is 14.0. The van der Waals surface area contributed by atoms with Crippen LogP contribution in [0, 0.1) is 9.49 Å². The Kier molecular flexibility index (Phi) is 7.02. The van der Waals surface area contributed by atoms with E-state index in [1.54, 1.807) is 0 Å². The molecule has 38 heavy (non-hydrogen) atoms. The van der Waals surface area contributed by atoms with E-state index < -0.39 is 0 Å². The SMILES string of the molecule is CC1C=CC(c2ccc(-c3cc(-c4ccc(-c5ccc(I)cc5)cc4)nc(-c4ccccc4)n3)cc2)=CC1. The number of halogens is 1. The van der Waals surface area contributed by atoms with Crippen LogP contribution in [0.1, 0.15) is 18.9 Å². The molecule has 0 spiro atoms. The molecule has 1 unspecified atom stereocenters. The van der Waals surface area contributed by atoms with Crippen molar-refractivity contribution >= 4 is 28.2 Å². The van der Waals surface area contributed by atoms with E-state index in [-0.39, 0.29) is 0 Å². The van der Waals surface area contributed by atoms with Gasteiger partial charge in [-0.05, 0) is 75.4 Å². The lowest BCUT2D eigenvalue weighted by atomic mass is 9.93. The third kappa shape index (κ3) is 5.39. The van der Waals surface area contributed by atoms with E-state index in [0.29, 0.717) is 5.92 Å². The number of allylic oxidation sites excluding steroid dienone is 4. The Bertz CT molecular complexity index is 1620. The summed E-state index contributed by atoms with van der Waals surface area (Å²) in [5, 5.41) is 0. The maximum Gasteiger partial charge on any atom is 0.160 e. The van der Waals surface area contributed by atoms with Crippen LogP contribution in [0.15, 0.2) is 127 Å². The predicted octanol–water partition coefficient (Wildman–Crippen LogP) is 9.73. The van der Waals surface area contributed by atoms with Crippen LogP contribution in [0.3, 0.4) is 0 Å². The zero-order valence-electron chi connectivity index (χ0n) is 21.2. The Morgan fingerprint density at radius 3 is 1.68 bits per heavy atom. The molecule has 0 fully saturated rings. The molecule has 1 heterocycles. The van der Waals surface area contributed by atoms with Gasteiger partial charge in [-0.15, -0.1) is 0 Å². The fraction of sp³-hybridized carbons (Fsp3) is 0.0857. The molecule has 184 valence electrons. The minimum Gasteiger partial charge on any atom is -0.228 e. The summed E-state index contributed by atoms with van der Waals surface area (Å²) in [6.45, 7) is 2.25. The van der Waals surface area contributed by atoms with Crippen LogP contribution in [0.4, 0.5) is 0 Å². The lowest BCUT2D eigenvalue weighted by molar-refractivity contribution is 0.739. The number of hydrogen-bond donors (Lipinski definition) is 0. The molecule has 4 aromatic carbocycles. The highest BCUT2D eigenvalue weighted by molar-refractivity contribution is 14.1. The van der Waals surface area contributed by atoms with Gasteiger partial charge in [-0.1, -0.05) is 116 Å². The molecular formula is C35H27IN2. The highest BCUT2D eigenvalue weighted by Gasteiger charge is 2.12. The molecule has 1 aliphatic rings. The maximum atomic E-state index is 4.98. The van der Waals surface area contributed by atoms with Crippen molar-refractivity contribution in [3.8, 4) is 45.0 Å². The second-order valence-corrected chi connectivity index (χ2v) is 11.0. The third-order valence-corrected chi connectivity index (χ3v) is 7.66. The van der Waals surface area contributed by atoms with Gasteiger partial charge in [0.2, 0.25) is 0 Å². The minimum atomic E-state index is 0.611. The molecule has 0 radical (unpaired) electrons. The summed E-state index contributed by atoms with van der Waals surface area (Å²) >= 11 is 2.34. The number of aromatic nitrogens is 2. The van der Waals surface area contributed by atoms with Gasteiger partial charge in [0.1, 0.15) is 0 Å². The standard InChI is InChI=1S/C35H27IN2/c1-24-7-9-25(10-8-24)26-11-15-29(16-12-26)33-23-34(38-35(37-33)31-5-3-2-4-6-31)30-17-13-27(14-18-30)28-19-21-32(36)22-20-28/h2-7,9-24H,8H2,1H3. The van der Waals surface area contributed by atoms with Crippen LogP contribution >= 0.6 is 22.6 Å². The van der Waals surface area contributed by atoms with Gasteiger partial charge < -0.3 is 0 Å². The highest BCUT2D eigenvalue weighted by Crippen LogP contribution is 2.31. The zero-order chi connectivity index (χ0) is 25.9. The second-order valence-electron chi connectivity index (χ2n) is 9.72. The number of nitrogens with zero attached hydrogens (tertiary/aromatic N) is 2. The molecule has 0 saturated heterocycles. The fourth-order valence-electron chi connectivity index (χ4n) is 4.71. The van der Waals surface area contributed by atoms with Crippen LogP contribution in [0.5, 0.6) is 0 Å². The Morgan fingerprint density at radius 2 is 1.13 bits per heavy atom. The Morgan fingerprint density at radius 1 is 0.605 bits per heavy atom. The van der Waals surface area contributed by atoms with Crippen LogP contribution in [-0.4, -0.2) is 9.97 Å². The average molecular weight is 603 g/mol. The summed E-state index contributed by atoms with van der Waals surface area (Å²) in [6.07, 6.45) is 7.94. The van der Waals surface area contributed by atoms with Crippen molar-refractivity contribution < 1.29 is 0 Å². The first-order chi connectivity index (χ1) is 18.6. The van der Waals surface area contributed by atoms with Gasteiger partial charge in [0.05, 0.1) is 11.4 Å². The van der Waals surface area contributed by atoms with E-state index in [1.165, 1.54) is 25.8 Å². The van der Waals surface area contributed by atoms with E-state index in [2.05, 4.69) is 139 Å². The molecular weight excluding hydrogens is 575 g/mol. The molecule has 0 amide bonds. The van der Waals surface area contributed by atoms with Crippen molar-refractivity contribution in [2.75, 3.05) is 0 Å². The van der Waals surface area contributed by atoms with E-state index in [0.717, 1.165) is 40.3 Å². The molecule has 2 nitrogen and oxygen atoms in total. The normalized spacial score (nSPS) is 14.8. The Balaban J connectivity index is 1.37. The van der Waals surface area contributed by atoms with Crippen molar-refractivity contribution in [1.29, 1.82) is 0 Å². The van der Waals surface area contributed by atoms with E-state index in [9.17, 15) is 0 Å².